The summed E-state index contributed by atoms with van der Waals surface area (Å²) in [6.45, 7) is 4.36. The molecular weight excluding hydrogens is 286 g/mol. The molecule has 7 heteroatoms. The molecule has 1 aliphatic heterocycles. The zero-order valence-electron chi connectivity index (χ0n) is 12.7. The summed E-state index contributed by atoms with van der Waals surface area (Å²) < 4.78 is 5.08. The fraction of sp³-hybridized carbons (Fsp3) is 0.533. The molecule has 0 spiro atoms. The molecule has 1 heterocycles. The van der Waals surface area contributed by atoms with E-state index in [4.69, 9.17) is 4.74 Å². The molecule has 0 aromatic heterocycles. The Labute approximate surface area is 129 Å². The van der Waals surface area contributed by atoms with E-state index in [-0.39, 0.29) is 11.8 Å². The van der Waals surface area contributed by atoms with Gasteiger partial charge in [0.2, 0.25) is 0 Å². The number of nitrogens with zero attached hydrogens (tertiary/aromatic N) is 3. The fourth-order valence-corrected chi connectivity index (χ4v) is 2.50. The van der Waals surface area contributed by atoms with Gasteiger partial charge in [-0.2, -0.15) is 0 Å². The lowest BCUT2D eigenvalue weighted by Crippen LogP contribution is -2.51. The number of nitro groups is 1. The Balaban J connectivity index is 1.93. The van der Waals surface area contributed by atoms with Crippen molar-refractivity contribution in [2.75, 3.05) is 26.2 Å². The quantitative estimate of drug-likeness (QED) is 0.617. The number of benzene rings is 1. The number of non-ortho nitro benzene ring substituents is 1. The first-order chi connectivity index (χ1) is 10.6. The van der Waals surface area contributed by atoms with Crippen LogP contribution in [-0.4, -0.2) is 47.3 Å². The highest BCUT2D eigenvalue weighted by molar-refractivity contribution is 5.67. The molecule has 120 valence electrons. The van der Waals surface area contributed by atoms with E-state index in [2.05, 4.69) is 0 Å². The van der Waals surface area contributed by atoms with Crippen LogP contribution in [0.25, 0.3) is 0 Å². The van der Waals surface area contributed by atoms with Gasteiger partial charge < -0.3 is 4.74 Å². The average molecular weight is 307 g/mol. The molecule has 1 saturated heterocycles. The van der Waals surface area contributed by atoms with Gasteiger partial charge in [0.15, 0.2) is 0 Å². The van der Waals surface area contributed by atoms with E-state index in [1.54, 1.807) is 24.1 Å². The van der Waals surface area contributed by atoms with Crippen LogP contribution in [0.4, 0.5) is 10.5 Å². The predicted octanol–water partition coefficient (Wildman–Crippen LogP) is 2.61. The summed E-state index contributed by atoms with van der Waals surface area (Å²) in [5, 5.41) is 14.3. The molecule has 7 nitrogen and oxygen atoms in total. The highest BCUT2D eigenvalue weighted by Gasteiger charge is 2.25. The molecular formula is C15H21N3O4. The summed E-state index contributed by atoms with van der Waals surface area (Å²) >= 11 is 0. The van der Waals surface area contributed by atoms with Gasteiger partial charge in [-0.15, -0.1) is 0 Å². The van der Waals surface area contributed by atoms with Crippen molar-refractivity contribution in [3.63, 3.8) is 0 Å². The number of ether oxygens (including phenoxy) is 1. The number of nitro benzene ring substituents is 1. The molecule has 0 radical (unpaired) electrons. The van der Waals surface area contributed by atoms with Gasteiger partial charge >= 0.3 is 6.09 Å². The molecule has 0 N–H and O–H groups in total. The van der Waals surface area contributed by atoms with Gasteiger partial charge in [0, 0.05) is 31.8 Å². The molecule has 2 rings (SSSR count). The standard InChI is InChI=1S/C15H21N3O4/c1-2-22-15(19)17-11-4-3-10-16(17)12-9-13-5-7-14(8-6-13)18(20)21/h5-8H,2-4,9-12H2,1H3. The Morgan fingerprint density at radius 2 is 1.95 bits per heavy atom. The second kappa shape index (κ2) is 7.74. The number of hydrogen-bond donors (Lipinski definition) is 0. The van der Waals surface area contributed by atoms with Crippen LogP contribution in [0.5, 0.6) is 0 Å². The Hall–Kier alpha value is -2.15. The Bertz CT molecular complexity index is 518. The van der Waals surface area contributed by atoms with Crippen LogP contribution >= 0.6 is 0 Å². The van der Waals surface area contributed by atoms with Crippen molar-refractivity contribution < 1.29 is 14.5 Å². The maximum Gasteiger partial charge on any atom is 0.424 e. The smallest absolute Gasteiger partial charge is 0.424 e. The van der Waals surface area contributed by atoms with Crippen molar-refractivity contribution in [1.29, 1.82) is 0 Å². The molecule has 0 aliphatic carbocycles. The number of hydrazine groups is 1. The van der Waals surface area contributed by atoms with Crippen LogP contribution in [0.3, 0.4) is 0 Å². The van der Waals surface area contributed by atoms with Crippen molar-refractivity contribution >= 4 is 11.8 Å². The monoisotopic (exact) mass is 307 g/mol. The fourth-order valence-electron chi connectivity index (χ4n) is 2.50. The highest BCUT2D eigenvalue weighted by Crippen LogP contribution is 2.15. The number of carbonyl (C=O) groups is 1. The lowest BCUT2D eigenvalue weighted by molar-refractivity contribution is -0.384. The van der Waals surface area contributed by atoms with Crippen LogP contribution in [0.15, 0.2) is 24.3 Å². The largest absolute Gasteiger partial charge is 0.449 e. The summed E-state index contributed by atoms with van der Waals surface area (Å²) in [5.41, 5.74) is 1.11. The van der Waals surface area contributed by atoms with E-state index in [0.717, 1.165) is 31.4 Å². The summed E-state index contributed by atoms with van der Waals surface area (Å²) in [7, 11) is 0. The van der Waals surface area contributed by atoms with Crippen molar-refractivity contribution in [3.05, 3.63) is 39.9 Å². The summed E-state index contributed by atoms with van der Waals surface area (Å²) in [4.78, 5) is 22.2. The second-order valence-corrected chi connectivity index (χ2v) is 5.16. The van der Waals surface area contributed by atoms with E-state index in [1.165, 1.54) is 12.1 Å². The van der Waals surface area contributed by atoms with Crippen molar-refractivity contribution in [3.8, 4) is 0 Å². The van der Waals surface area contributed by atoms with Gasteiger partial charge in [0.05, 0.1) is 11.5 Å². The van der Waals surface area contributed by atoms with Crippen LogP contribution < -0.4 is 0 Å². The van der Waals surface area contributed by atoms with Gasteiger partial charge in [-0.3, -0.25) is 10.1 Å². The maximum absolute atomic E-state index is 11.9. The van der Waals surface area contributed by atoms with E-state index in [1.807, 2.05) is 5.01 Å². The summed E-state index contributed by atoms with van der Waals surface area (Å²) in [6.07, 6.45) is 2.46. The maximum atomic E-state index is 11.9. The minimum atomic E-state index is -0.406. The molecule has 1 fully saturated rings. The third kappa shape index (κ3) is 4.17. The molecule has 1 aromatic rings. The SMILES string of the molecule is CCOC(=O)N1CCCCN1CCc1ccc([N+](=O)[O-])cc1. The second-order valence-electron chi connectivity index (χ2n) is 5.16. The molecule has 22 heavy (non-hydrogen) atoms. The minimum absolute atomic E-state index is 0.0925. The summed E-state index contributed by atoms with van der Waals surface area (Å²) in [5.74, 6) is 0. The third-order valence-electron chi connectivity index (χ3n) is 3.66. The van der Waals surface area contributed by atoms with Gasteiger partial charge in [0.25, 0.3) is 5.69 Å². The lowest BCUT2D eigenvalue weighted by atomic mass is 10.1. The molecule has 1 aliphatic rings. The van der Waals surface area contributed by atoms with Crippen LogP contribution in [-0.2, 0) is 11.2 Å². The summed E-state index contributed by atoms with van der Waals surface area (Å²) in [6, 6.07) is 6.54. The minimum Gasteiger partial charge on any atom is -0.449 e. The molecule has 0 unspecified atom stereocenters. The van der Waals surface area contributed by atoms with Gasteiger partial charge in [-0.1, -0.05) is 12.1 Å². The number of rotatable bonds is 5. The molecule has 0 bridgehead atoms. The van der Waals surface area contributed by atoms with E-state index >= 15 is 0 Å². The Morgan fingerprint density at radius 1 is 1.27 bits per heavy atom. The number of hydrogen-bond acceptors (Lipinski definition) is 5. The Morgan fingerprint density at radius 3 is 2.59 bits per heavy atom. The van der Waals surface area contributed by atoms with Gasteiger partial charge in [-0.25, -0.2) is 14.8 Å². The lowest BCUT2D eigenvalue weighted by Gasteiger charge is -2.37. The third-order valence-corrected chi connectivity index (χ3v) is 3.66. The zero-order valence-corrected chi connectivity index (χ0v) is 12.7. The van der Waals surface area contributed by atoms with Gasteiger partial charge in [-0.05, 0) is 31.7 Å². The molecule has 0 atom stereocenters. The van der Waals surface area contributed by atoms with Crippen LogP contribution in [0.1, 0.15) is 25.3 Å². The first-order valence-electron chi connectivity index (χ1n) is 7.54. The average Bonchev–Trinajstić information content (AvgIpc) is 2.54. The first-order valence-corrected chi connectivity index (χ1v) is 7.54. The highest BCUT2D eigenvalue weighted by atomic mass is 16.6. The Kier molecular flexibility index (Phi) is 5.71. The van der Waals surface area contributed by atoms with Gasteiger partial charge in [0.1, 0.15) is 0 Å². The van der Waals surface area contributed by atoms with Crippen molar-refractivity contribution in [1.82, 2.24) is 10.0 Å². The normalized spacial score (nSPS) is 15.6. The number of amides is 1. The topological polar surface area (TPSA) is 75.9 Å². The zero-order chi connectivity index (χ0) is 15.9. The predicted molar refractivity (Wildman–Crippen MR) is 81.3 cm³/mol. The van der Waals surface area contributed by atoms with E-state index < -0.39 is 4.92 Å². The van der Waals surface area contributed by atoms with E-state index in [9.17, 15) is 14.9 Å². The van der Waals surface area contributed by atoms with E-state index in [0.29, 0.717) is 19.7 Å². The first kappa shape index (κ1) is 16.2. The molecule has 1 amide bonds. The molecule has 0 saturated carbocycles. The van der Waals surface area contributed by atoms with Crippen LogP contribution in [0.2, 0.25) is 0 Å². The van der Waals surface area contributed by atoms with Crippen molar-refractivity contribution in [2.24, 2.45) is 0 Å². The van der Waals surface area contributed by atoms with Crippen molar-refractivity contribution in [2.45, 2.75) is 26.2 Å². The molecule has 1 aromatic carbocycles. The van der Waals surface area contributed by atoms with Crippen LogP contribution in [0, 0.1) is 10.1 Å². The number of carbonyl (C=O) groups excluding carboxylic acids is 1.